The number of ether oxygens (including phenoxy) is 1. The van der Waals surface area contributed by atoms with Crippen molar-refractivity contribution in [3.63, 3.8) is 0 Å². The summed E-state index contributed by atoms with van der Waals surface area (Å²) < 4.78 is 4.84. The molecule has 1 heterocycles. The minimum absolute atomic E-state index is 0.101. The van der Waals surface area contributed by atoms with Crippen LogP contribution in [0.15, 0.2) is 36.6 Å². The molecule has 0 bridgehead atoms. The highest BCUT2D eigenvalue weighted by atomic mass is 16.6. The SMILES string of the molecule is C=C1OC(=O)[C@@]2([C@H](C=CC)C=C[C@H](O)[C@@H]2O)[C@H]1O. The van der Waals surface area contributed by atoms with Gasteiger partial charge in [-0.05, 0) is 6.92 Å². The molecule has 0 radical (unpaired) electrons. The summed E-state index contributed by atoms with van der Waals surface area (Å²) in [5.41, 5.74) is -1.61. The van der Waals surface area contributed by atoms with E-state index in [1.807, 2.05) is 0 Å². The van der Waals surface area contributed by atoms with Crippen LogP contribution >= 0.6 is 0 Å². The molecule has 0 aromatic carbocycles. The Balaban J connectivity index is 2.58. The van der Waals surface area contributed by atoms with Crippen LogP contribution in [0.25, 0.3) is 0 Å². The highest BCUT2D eigenvalue weighted by Gasteiger charge is 2.64. The first kappa shape index (κ1) is 13.0. The number of hydrogen-bond acceptors (Lipinski definition) is 5. The van der Waals surface area contributed by atoms with Crippen LogP contribution in [0.5, 0.6) is 0 Å². The molecule has 0 amide bonds. The molecule has 1 saturated heterocycles. The van der Waals surface area contributed by atoms with Crippen molar-refractivity contribution in [2.24, 2.45) is 11.3 Å². The van der Waals surface area contributed by atoms with Gasteiger partial charge in [-0.25, -0.2) is 0 Å². The lowest BCUT2D eigenvalue weighted by Gasteiger charge is -2.41. The normalized spacial score (nSPS) is 44.0. The third-order valence-corrected chi connectivity index (χ3v) is 3.61. The molecule has 2 aliphatic rings. The van der Waals surface area contributed by atoms with Crippen molar-refractivity contribution in [1.29, 1.82) is 0 Å². The van der Waals surface area contributed by atoms with E-state index in [0.29, 0.717) is 0 Å². The third-order valence-electron chi connectivity index (χ3n) is 3.61. The molecule has 1 spiro atoms. The first-order valence-corrected chi connectivity index (χ1v) is 5.72. The van der Waals surface area contributed by atoms with Crippen LogP contribution in [0.3, 0.4) is 0 Å². The number of rotatable bonds is 1. The average molecular weight is 252 g/mol. The fraction of sp³-hybridized carbons (Fsp3) is 0.462. The monoisotopic (exact) mass is 252 g/mol. The van der Waals surface area contributed by atoms with Gasteiger partial charge in [-0.2, -0.15) is 0 Å². The molecule has 5 heteroatoms. The van der Waals surface area contributed by atoms with Crippen molar-refractivity contribution in [1.82, 2.24) is 0 Å². The van der Waals surface area contributed by atoms with Gasteiger partial charge in [-0.3, -0.25) is 4.79 Å². The molecular formula is C13H16O5. The summed E-state index contributed by atoms with van der Waals surface area (Å²) in [6.07, 6.45) is 2.37. The van der Waals surface area contributed by atoms with Gasteiger partial charge in [-0.15, -0.1) is 0 Å². The molecule has 98 valence electrons. The van der Waals surface area contributed by atoms with Crippen LogP contribution in [0.2, 0.25) is 0 Å². The van der Waals surface area contributed by atoms with Crippen LogP contribution in [-0.2, 0) is 9.53 Å². The predicted molar refractivity (Wildman–Crippen MR) is 63.1 cm³/mol. The highest BCUT2D eigenvalue weighted by molar-refractivity contribution is 5.84. The Morgan fingerprint density at radius 1 is 1.39 bits per heavy atom. The molecule has 5 atom stereocenters. The molecule has 18 heavy (non-hydrogen) atoms. The zero-order chi connectivity index (χ0) is 13.5. The number of aliphatic hydroxyl groups is 3. The molecule has 1 aliphatic carbocycles. The second-order valence-electron chi connectivity index (χ2n) is 4.56. The molecule has 2 rings (SSSR count). The molecule has 3 N–H and O–H groups in total. The van der Waals surface area contributed by atoms with Crippen molar-refractivity contribution in [2.45, 2.75) is 25.2 Å². The van der Waals surface area contributed by atoms with E-state index in [0.717, 1.165) is 0 Å². The van der Waals surface area contributed by atoms with Crippen LogP contribution in [-0.4, -0.2) is 39.6 Å². The highest BCUT2D eigenvalue weighted by Crippen LogP contribution is 2.49. The zero-order valence-electron chi connectivity index (χ0n) is 9.98. The summed E-state index contributed by atoms with van der Waals surface area (Å²) in [4.78, 5) is 12.0. The molecule has 0 saturated carbocycles. The summed E-state index contributed by atoms with van der Waals surface area (Å²) in [6, 6.07) is 0. The average Bonchev–Trinajstić information content (AvgIpc) is 2.54. The van der Waals surface area contributed by atoms with Gasteiger partial charge in [0.15, 0.2) is 0 Å². The van der Waals surface area contributed by atoms with Crippen molar-refractivity contribution in [3.05, 3.63) is 36.6 Å². The second-order valence-corrected chi connectivity index (χ2v) is 4.56. The maximum absolute atomic E-state index is 12.0. The fourth-order valence-electron chi connectivity index (χ4n) is 2.65. The van der Waals surface area contributed by atoms with Crippen molar-refractivity contribution >= 4 is 5.97 Å². The van der Waals surface area contributed by atoms with E-state index in [2.05, 4.69) is 6.58 Å². The Morgan fingerprint density at radius 2 is 2.06 bits per heavy atom. The minimum Gasteiger partial charge on any atom is -0.428 e. The maximum Gasteiger partial charge on any atom is 0.324 e. The van der Waals surface area contributed by atoms with E-state index in [4.69, 9.17) is 4.74 Å². The largest absolute Gasteiger partial charge is 0.428 e. The van der Waals surface area contributed by atoms with E-state index >= 15 is 0 Å². The van der Waals surface area contributed by atoms with E-state index in [1.165, 1.54) is 6.08 Å². The van der Waals surface area contributed by atoms with Gasteiger partial charge >= 0.3 is 5.97 Å². The van der Waals surface area contributed by atoms with Crippen molar-refractivity contribution < 1.29 is 24.9 Å². The summed E-state index contributed by atoms with van der Waals surface area (Å²) in [6.45, 7) is 5.22. The minimum atomic E-state index is -1.61. The Labute approximate surface area is 105 Å². The van der Waals surface area contributed by atoms with E-state index in [1.54, 1.807) is 25.2 Å². The van der Waals surface area contributed by atoms with Crippen LogP contribution < -0.4 is 0 Å². The number of cyclic esters (lactones) is 1. The number of allylic oxidation sites excluding steroid dienone is 3. The van der Waals surface area contributed by atoms with E-state index < -0.39 is 35.6 Å². The van der Waals surface area contributed by atoms with Crippen LogP contribution in [0.4, 0.5) is 0 Å². The summed E-state index contributed by atoms with van der Waals surface area (Å²) in [5, 5.41) is 30.0. The Morgan fingerprint density at radius 3 is 2.56 bits per heavy atom. The van der Waals surface area contributed by atoms with Gasteiger partial charge in [0.1, 0.15) is 23.4 Å². The Kier molecular flexibility index (Phi) is 3.14. The number of aliphatic hydroxyl groups excluding tert-OH is 3. The van der Waals surface area contributed by atoms with Crippen molar-refractivity contribution in [2.75, 3.05) is 0 Å². The molecule has 1 fully saturated rings. The topological polar surface area (TPSA) is 87.0 Å². The fourth-order valence-corrected chi connectivity index (χ4v) is 2.65. The smallest absolute Gasteiger partial charge is 0.324 e. The van der Waals surface area contributed by atoms with Gasteiger partial charge in [0.25, 0.3) is 0 Å². The molecule has 0 unspecified atom stereocenters. The van der Waals surface area contributed by atoms with E-state index in [9.17, 15) is 20.1 Å². The quantitative estimate of drug-likeness (QED) is 0.447. The number of esters is 1. The Bertz CT molecular complexity index is 439. The number of carbonyl (C=O) groups excluding carboxylic acids is 1. The summed E-state index contributed by atoms with van der Waals surface area (Å²) >= 11 is 0. The first-order chi connectivity index (χ1) is 8.46. The second kappa shape index (κ2) is 4.35. The number of carbonyl (C=O) groups is 1. The van der Waals surface area contributed by atoms with Gasteiger partial charge in [0.05, 0.1) is 6.10 Å². The molecule has 0 aromatic rings. The van der Waals surface area contributed by atoms with Crippen molar-refractivity contribution in [3.8, 4) is 0 Å². The lowest BCUT2D eigenvalue weighted by Crippen LogP contribution is -2.57. The third kappa shape index (κ3) is 1.48. The van der Waals surface area contributed by atoms with Gasteiger partial charge in [0.2, 0.25) is 0 Å². The summed E-state index contributed by atoms with van der Waals surface area (Å²) in [7, 11) is 0. The van der Waals surface area contributed by atoms with E-state index in [-0.39, 0.29) is 5.76 Å². The zero-order valence-corrected chi connectivity index (χ0v) is 9.98. The molecular weight excluding hydrogens is 236 g/mol. The van der Waals surface area contributed by atoms with Crippen LogP contribution in [0.1, 0.15) is 6.92 Å². The lowest BCUT2D eigenvalue weighted by atomic mass is 9.63. The van der Waals surface area contributed by atoms with Gasteiger partial charge in [0, 0.05) is 5.92 Å². The molecule has 0 aromatic heterocycles. The maximum atomic E-state index is 12.0. The standard InChI is InChI=1S/C13H16O5/c1-3-4-8-5-6-9(14)11(16)13(8)10(15)7(2)18-12(13)17/h3-6,8-11,14-16H,2H2,1H3/t8-,9+,10+,11+,13+/m1/s1. The predicted octanol–water partition coefficient (Wildman–Crippen LogP) is -0.112. The van der Waals surface area contributed by atoms with Gasteiger partial charge in [-0.1, -0.05) is 30.9 Å². The Hall–Kier alpha value is -1.43. The number of hydrogen-bond donors (Lipinski definition) is 3. The summed E-state index contributed by atoms with van der Waals surface area (Å²) in [5.74, 6) is -1.42. The van der Waals surface area contributed by atoms with Gasteiger partial charge < -0.3 is 20.1 Å². The molecule has 5 nitrogen and oxygen atoms in total. The van der Waals surface area contributed by atoms with Crippen LogP contribution in [0, 0.1) is 11.3 Å². The molecule has 1 aliphatic heterocycles. The lowest BCUT2D eigenvalue weighted by molar-refractivity contribution is -0.164. The first-order valence-electron chi connectivity index (χ1n) is 5.72.